The Hall–Kier alpha value is -3.10. The first-order valence-electron chi connectivity index (χ1n) is 8.56. The number of nitrogens with zero attached hydrogens (tertiary/aromatic N) is 1. The monoisotopic (exact) mass is 397 g/mol. The number of para-hydroxylation sites is 1. The lowest BCUT2D eigenvalue weighted by atomic mass is 10.2. The summed E-state index contributed by atoms with van der Waals surface area (Å²) in [7, 11) is 1.54. The van der Waals surface area contributed by atoms with E-state index in [9.17, 15) is 18.3 Å². The molecule has 0 aromatic heterocycles. The number of hydrogen-bond acceptors (Lipinski definition) is 4. The summed E-state index contributed by atoms with van der Waals surface area (Å²) < 4.78 is 48.9. The number of halogens is 3. The highest BCUT2D eigenvalue weighted by Crippen LogP contribution is 2.32. The average molecular weight is 397 g/mol. The van der Waals surface area contributed by atoms with Crippen LogP contribution in [0.1, 0.15) is 18.1 Å². The second-order valence-corrected chi connectivity index (χ2v) is 5.62. The average Bonchev–Trinajstić information content (AvgIpc) is 2.66. The van der Waals surface area contributed by atoms with Crippen molar-refractivity contribution in [3.8, 4) is 17.2 Å². The molecule has 2 aromatic rings. The normalized spacial score (nSPS) is 11.4. The second-order valence-electron chi connectivity index (χ2n) is 5.62. The van der Waals surface area contributed by atoms with E-state index in [0.29, 0.717) is 23.7 Å². The number of aliphatic imine (C=N–C) groups is 1. The zero-order valence-electron chi connectivity index (χ0n) is 15.5. The molecule has 2 rings (SSSR count). The second kappa shape index (κ2) is 10.3. The van der Waals surface area contributed by atoms with E-state index in [-0.39, 0.29) is 24.6 Å². The zero-order valence-corrected chi connectivity index (χ0v) is 15.5. The summed E-state index contributed by atoms with van der Waals surface area (Å²) in [5, 5.41) is 15.2. The summed E-state index contributed by atoms with van der Waals surface area (Å²) in [6, 6.07) is 8.90. The Morgan fingerprint density at radius 1 is 1.18 bits per heavy atom. The van der Waals surface area contributed by atoms with Gasteiger partial charge in [0.15, 0.2) is 29.0 Å². The van der Waals surface area contributed by atoms with Crippen LogP contribution in [0.2, 0.25) is 0 Å². The summed E-state index contributed by atoms with van der Waals surface area (Å²) >= 11 is 0. The molecule has 9 heteroatoms. The number of alkyl halides is 2. The molecule has 0 saturated carbocycles. The van der Waals surface area contributed by atoms with Gasteiger partial charge in [-0.1, -0.05) is 18.2 Å². The molecule has 28 heavy (non-hydrogen) atoms. The predicted molar refractivity (Wildman–Crippen MR) is 99.3 cm³/mol. The molecular weight excluding hydrogens is 375 g/mol. The third kappa shape index (κ3) is 5.97. The van der Waals surface area contributed by atoms with E-state index in [2.05, 4.69) is 20.4 Å². The third-order valence-corrected chi connectivity index (χ3v) is 3.71. The summed E-state index contributed by atoms with van der Waals surface area (Å²) in [5.41, 5.74) is 1.06. The van der Waals surface area contributed by atoms with Crippen molar-refractivity contribution in [1.82, 2.24) is 10.6 Å². The Labute approximate surface area is 161 Å². The number of phenols is 1. The van der Waals surface area contributed by atoms with Gasteiger partial charge in [0, 0.05) is 25.7 Å². The molecule has 0 aliphatic carbocycles. The van der Waals surface area contributed by atoms with Gasteiger partial charge in [-0.2, -0.15) is 8.78 Å². The molecule has 0 fully saturated rings. The van der Waals surface area contributed by atoms with Crippen molar-refractivity contribution in [3.05, 3.63) is 53.3 Å². The smallest absolute Gasteiger partial charge is 0.387 e. The molecule has 0 saturated heterocycles. The minimum Gasteiger partial charge on any atom is -0.505 e. The number of hydrogen-bond donors (Lipinski definition) is 3. The van der Waals surface area contributed by atoms with Crippen molar-refractivity contribution in [2.75, 3.05) is 13.7 Å². The largest absolute Gasteiger partial charge is 0.505 e. The maximum Gasteiger partial charge on any atom is 0.387 e. The number of ether oxygens (including phenoxy) is 2. The molecule has 0 bridgehead atoms. The van der Waals surface area contributed by atoms with E-state index in [1.807, 2.05) is 0 Å². The summed E-state index contributed by atoms with van der Waals surface area (Å²) in [4.78, 5) is 4.04. The van der Waals surface area contributed by atoms with Gasteiger partial charge in [0.05, 0.1) is 6.61 Å². The van der Waals surface area contributed by atoms with Crippen molar-refractivity contribution in [3.63, 3.8) is 0 Å². The molecule has 0 aliphatic heterocycles. The number of nitrogens with one attached hydrogen (secondary N) is 2. The number of aromatic hydroxyl groups is 1. The van der Waals surface area contributed by atoms with Crippen molar-refractivity contribution in [2.24, 2.45) is 4.99 Å². The van der Waals surface area contributed by atoms with E-state index in [4.69, 9.17) is 4.74 Å². The van der Waals surface area contributed by atoms with Gasteiger partial charge in [0.1, 0.15) is 0 Å². The first kappa shape index (κ1) is 21.2. The van der Waals surface area contributed by atoms with Crippen LogP contribution in [0.25, 0.3) is 0 Å². The van der Waals surface area contributed by atoms with Crippen LogP contribution >= 0.6 is 0 Å². The van der Waals surface area contributed by atoms with E-state index in [1.165, 1.54) is 12.1 Å². The van der Waals surface area contributed by atoms with Crippen molar-refractivity contribution in [1.29, 1.82) is 0 Å². The highest BCUT2D eigenvalue weighted by molar-refractivity contribution is 5.79. The molecule has 0 atom stereocenters. The third-order valence-electron chi connectivity index (χ3n) is 3.71. The number of rotatable bonds is 8. The lowest BCUT2D eigenvalue weighted by molar-refractivity contribution is -0.0520. The maximum absolute atomic E-state index is 13.4. The predicted octanol–water partition coefficient (Wildman–Crippen LogP) is 3.40. The van der Waals surface area contributed by atoms with Gasteiger partial charge in [-0.3, -0.25) is 4.99 Å². The van der Waals surface area contributed by atoms with Crippen molar-refractivity contribution < 1.29 is 27.8 Å². The molecule has 0 aliphatic rings. The summed E-state index contributed by atoms with van der Waals surface area (Å²) in [6.45, 7) is -0.539. The number of phenolic OH excluding ortho intramolecular Hbond substituents is 1. The number of guanidine groups is 1. The summed E-state index contributed by atoms with van der Waals surface area (Å²) in [6.07, 6.45) is 0. The van der Waals surface area contributed by atoms with Crippen molar-refractivity contribution >= 4 is 5.96 Å². The minimum absolute atomic E-state index is 0.0390. The minimum atomic E-state index is -2.98. The molecule has 152 valence electrons. The van der Waals surface area contributed by atoms with Crippen LogP contribution in [-0.4, -0.2) is 31.3 Å². The zero-order chi connectivity index (χ0) is 20.5. The molecule has 2 aromatic carbocycles. The Morgan fingerprint density at radius 2 is 1.93 bits per heavy atom. The van der Waals surface area contributed by atoms with E-state index < -0.39 is 18.2 Å². The van der Waals surface area contributed by atoms with Crippen molar-refractivity contribution in [2.45, 2.75) is 26.6 Å². The molecule has 0 spiro atoms. The molecule has 0 unspecified atom stereocenters. The van der Waals surface area contributed by atoms with Crippen LogP contribution in [0.5, 0.6) is 17.2 Å². The lowest BCUT2D eigenvalue weighted by Gasteiger charge is -2.17. The van der Waals surface area contributed by atoms with Gasteiger partial charge >= 0.3 is 6.61 Å². The van der Waals surface area contributed by atoms with E-state index in [0.717, 1.165) is 0 Å². The van der Waals surface area contributed by atoms with Gasteiger partial charge in [-0.25, -0.2) is 4.39 Å². The van der Waals surface area contributed by atoms with E-state index >= 15 is 0 Å². The maximum atomic E-state index is 13.4. The first-order chi connectivity index (χ1) is 13.4. The Morgan fingerprint density at radius 3 is 2.57 bits per heavy atom. The highest BCUT2D eigenvalue weighted by atomic mass is 19.3. The topological polar surface area (TPSA) is 75.1 Å². The van der Waals surface area contributed by atoms with Crippen LogP contribution in [0.15, 0.2) is 41.4 Å². The lowest BCUT2D eigenvalue weighted by Crippen LogP contribution is -2.36. The SMILES string of the molecule is CCOc1cccc(CNC(=NC)NCc2ccc(O)c(F)c2)c1OC(F)F. The Kier molecular flexibility index (Phi) is 7.79. The molecule has 0 amide bonds. The first-order valence-corrected chi connectivity index (χ1v) is 8.56. The molecule has 3 N–H and O–H groups in total. The van der Waals surface area contributed by atoms with Gasteiger partial charge in [0.25, 0.3) is 0 Å². The Bertz CT molecular complexity index is 816. The van der Waals surface area contributed by atoms with Gasteiger partial charge in [0.2, 0.25) is 0 Å². The standard InChI is InChI=1S/C19H22F3N3O3/c1-3-27-16-6-4-5-13(17(16)28-18(21)22)11-25-19(23-2)24-10-12-7-8-15(26)14(20)9-12/h4-9,18,26H,3,10-11H2,1-2H3,(H2,23,24,25). The molecular formula is C19H22F3N3O3. The van der Waals surface area contributed by atoms with Gasteiger partial charge in [-0.15, -0.1) is 0 Å². The highest BCUT2D eigenvalue weighted by Gasteiger charge is 2.16. The van der Waals surface area contributed by atoms with Crippen LogP contribution < -0.4 is 20.1 Å². The molecule has 6 nitrogen and oxygen atoms in total. The Balaban J connectivity index is 2.04. The molecule has 0 heterocycles. The fourth-order valence-electron chi connectivity index (χ4n) is 2.44. The van der Waals surface area contributed by atoms with Gasteiger partial charge < -0.3 is 25.2 Å². The molecule has 0 radical (unpaired) electrons. The summed E-state index contributed by atoms with van der Waals surface area (Å²) in [5.74, 6) is -0.582. The number of benzene rings is 2. The van der Waals surface area contributed by atoms with Crippen LogP contribution in [-0.2, 0) is 13.1 Å². The quantitative estimate of drug-likeness (QED) is 0.470. The van der Waals surface area contributed by atoms with Gasteiger partial charge in [-0.05, 0) is 30.7 Å². The fourth-order valence-corrected chi connectivity index (χ4v) is 2.44. The fraction of sp³-hybridized carbons (Fsp3) is 0.316. The van der Waals surface area contributed by atoms with Crippen LogP contribution in [0.3, 0.4) is 0 Å². The van der Waals surface area contributed by atoms with E-state index in [1.54, 1.807) is 38.2 Å². The van der Waals surface area contributed by atoms with Crippen LogP contribution in [0.4, 0.5) is 13.2 Å². The van der Waals surface area contributed by atoms with Crippen LogP contribution in [0, 0.1) is 5.82 Å².